The molecule has 1 aromatic rings. The minimum Gasteiger partial charge on any atom is -0.384 e. The summed E-state index contributed by atoms with van der Waals surface area (Å²) in [7, 11) is -4.80. The first-order valence-electron chi connectivity index (χ1n) is 4.52. The zero-order valence-corrected chi connectivity index (χ0v) is 8.92. The standard InChI is InChI=1S/C10H10O5S/c11-9-5-7-3-1-2-4-8(7)6-10(9,12)16(13,14)15/h1-6,9,11-12H,(H,13,14,15). The molecule has 0 heterocycles. The van der Waals surface area contributed by atoms with Gasteiger partial charge in [-0.2, -0.15) is 8.42 Å². The minimum atomic E-state index is -4.80. The van der Waals surface area contributed by atoms with Crippen LogP contribution in [0, 0.1) is 0 Å². The van der Waals surface area contributed by atoms with Crippen LogP contribution in [0.2, 0.25) is 0 Å². The number of rotatable bonds is 1. The molecule has 0 aliphatic heterocycles. The summed E-state index contributed by atoms with van der Waals surface area (Å²) in [5.74, 6) is 0. The second kappa shape index (κ2) is 3.39. The molecule has 0 spiro atoms. The third kappa shape index (κ3) is 1.56. The first kappa shape index (κ1) is 11.3. The second-order valence-corrected chi connectivity index (χ2v) is 5.22. The van der Waals surface area contributed by atoms with Crippen molar-refractivity contribution >= 4 is 22.3 Å². The van der Waals surface area contributed by atoms with Crippen LogP contribution in [-0.4, -0.2) is 34.2 Å². The van der Waals surface area contributed by atoms with E-state index in [4.69, 9.17) is 4.55 Å². The van der Waals surface area contributed by atoms with Crippen molar-refractivity contribution in [3.05, 3.63) is 34.7 Å². The van der Waals surface area contributed by atoms with E-state index in [2.05, 4.69) is 0 Å². The van der Waals surface area contributed by atoms with E-state index < -0.39 is 21.2 Å². The van der Waals surface area contributed by atoms with Gasteiger partial charge in [0.15, 0.2) is 0 Å². The van der Waals surface area contributed by atoms with E-state index in [1.807, 2.05) is 0 Å². The summed E-state index contributed by atoms with van der Waals surface area (Å²) in [6.45, 7) is 0. The first-order chi connectivity index (χ1) is 7.34. The summed E-state index contributed by atoms with van der Waals surface area (Å²) < 4.78 is 31.0. The monoisotopic (exact) mass is 242 g/mol. The lowest BCUT2D eigenvalue weighted by molar-refractivity contribution is 0.0597. The number of hydrogen-bond acceptors (Lipinski definition) is 4. The van der Waals surface area contributed by atoms with Gasteiger partial charge in [-0.05, 0) is 22.6 Å². The molecule has 0 amide bonds. The zero-order valence-electron chi connectivity index (χ0n) is 8.11. The highest BCUT2D eigenvalue weighted by atomic mass is 32.2. The van der Waals surface area contributed by atoms with E-state index in [0.717, 1.165) is 6.08 Å². The van der Waals surface area contributed by atoms with Crippen molar-refractivity contribution < 1.29 is 23.2 Å². The molecule has 16 heavy (non-hydrogen) atoms. The van der Waals surface area contributed by atoms with Crippen LogP contribution >= 0.6 is 0 Å². The zero-order chi connectivity index (χ0) is 12.0. The van der Waals surface area contributed by atoms with Gasteiger partial charge in [-0.3, -0.25) is 4.55 Å². The Morgan fingerprint density at radius 2 is 1.75 bits per heavy atom. The number of benzene rings is 1. The van der Waals surface area contributed by atoms with E-state index in [9.17, 15) is 18.6 Å². The lowest BCUT2D eigenvalue weighted by Gasteiger charge is -2.26. The Labute approximate surface area is 91.7 Å². The van der Waals surface area contributed by atoms with Gasteiger partial charge in [0.2, 0.25) is 4.93 Å². The maximum Gasteiger partial charge on any atom is 0.301 e. The van der Waals surface area contributed by atoms with Crippen molar-refractivity contribution in [2.45, 2.75) is 11.0 Å². The molecule has 0 bridgehead atoms. The highest BCUT2D eigenvalue weighted by molar-refractivity contribution is 7.87. The molecule has 86 valence electrons. The lowest BCUT2D eigenvalue weighted by Crippen LogP contribution is -2.52. The molecule has 2 rings (SSSR count). The maximum absolute atomic E-state index is 11.0. The summed E-state index contributed by atoms with van der Waals surface area (Å²) >= 11 is 0. The normalized spacial score (nSPS) is 28.8. The third-order valence-electron chi connectivity index (χ3n) is 2.53. The summed E-state index contributed by atoms with van der Waals surface area (Å²) in [5.41, 5.74) is 0. The fraction of sp³-hybridized carbons (Fsp3) is 0.200. The highest BCUT2D eigenvalue weighted by Crippen LogP contribution is 2.22. The smallest absolute Gasteiger partial charge is 0.301 e. The quantitative estimate of drug-likeness (QED) is 0.505. The predicted molar refractivity (Wildman–Crippen MR) is 57.1 cm³/mol. The average Bonchev–Trinajstić information content (AvgIpc) is 2.18. The fourth-order valence-corrected chi connectivity index (χ4v) is 2.27. The van der Waals surface area contributed by atoms with Crippen molar-refractivity contribution in [1.29, 1.82) is 0 Å². The number of aliphatic hydroxyl groups excluding tert-OH is 1. The van der Waals surface area contributed by atoms with Crippen molar-refractivity contribution in [1.82, 2.24) is 0 Å². The molecular weight excluding hydrogens is 232 g/mol. The van der Waals surface area contributed by atoms with Gasteiger partial charge < -0.3 is 10.2 Å². The van der Waals surface area contributed by atoms with Crippen LogP contribution < -0.4 is 10.4 Å². The van der Waals surface area contributed by atoms with Gasteiger partial charge in [0.05, 0.1) is 0 Å². The summed E-state index contributed by atoms with van der Waals surface area (Å²) in [6, 6.07) is 6.62. The van der Waals surface area contributed by atoms with Crippen LogP contribution in [0.3, 0.4) is 0 Å². The Bertz CT molecular complexity index is 633. The Kier molecular flexibility index (Phi) is 2.39. The van der Waals surface area contributed by atoms with Crippen LogP contribution in [0.25, 0.3) is 12.2 Å². The average molecular weight is 242 g/mol. The molecule has 0 radical (unpaired) electrons. The molecule has 0 fully saturated rings. The van der Waals surface area contributed by atoms with Gasteiger partial charge >= 0.3 is 10.1 Å². The van der Waals surface area contributed by atoms with Gasteiger partial charge in [-0.25, -0.2) is 0 Å². The molecule has 1 aliphatic carbocycles. The molecule has 6 heteroatoms. The first-order valence-corrected chi connectivity index (χ1v) is 5.96. The summed E-state index contributed by atoms with van der Waals surface area (Å²) in [6.07, 6.45) is 0.420. The van der Waals surface area contributed by atoms with Crippen LogP contribution in [0.1, 0.15) is 0 Å². The van der Waals surface area contributed by atoms with Crippen LogP contribution in [0.5, 0.6) is 0 Å². The van der Waals surface area contributed by atoms with E-state index in [0.29, 0.717) is 10.4 Å². The van der Waals surface area contributed by atoms with Crippen LogP contribution in [-0.2, 0) is 10.1 Å². The predicted octanol–water partition coefficient (Wildman–Crippen LogP) is -1.80. The minimum absolute atomic E-state index is 0.438. The Balaban J connectivity index is 2.79. The van der Waals surface area contributed by atoms with Crippen LogP contribution in [0.4, 0.5) is 0 Å². The molecule has 3 N–H and O–H groups in total. The van der Waals surface area contributed by atoms with E-state index in [1.54, 1.807) is 24.3 Å². The largest absolute Gasteiger partial charge is 0.384 e. The number of hydrogen-bond donors (Lipinski definition) is 3. The molecule has 2 atom stereocenters. The van der Waals surface area contributed by atoms with Crippen molar-refractivity contribution in [2.75, 3.05) is 0 Å². The Morgan fingerprint density at radius 1 is 1.19 bits per heavy atom. The second-order valence-electron chi connectivity index (χ2n) is 3.61. The Morgan fingerprint density at radius 3 is 2.31 bits per heavy atom. The topological polar surface area (TPSA) is 94.8 Å². The summed E-state index contributed by atoms with van der Waals surface area (Å²) in [4.78, 5) is -2.68. The molecule has 0 aromatic heterocycles. The molecule has 5 nitrogen and oxygen atoms in total. The van der Waals surface area contributed by atoms with E-state index >= 15 is 0 Å². The van der Waals surface area contributed by atoms with Crippen molar-refractivity contribution in [3.63, 3.8) is 0 Å². The molecule has 1 aromatic carbocycles. The Hall–Kier alpha value is -1.21. The number of aliphatic hydroxyl groups is 2. The van der Waals surface area contributed by atoms with Crippen LogP contribution in [0.15, 0.2) is 24.3 Å². The maximum atomic E-state index is 11.0. The lowest BCUT2D eigenvalue weighted by atomic mass is 10.0. The summed E-state index contributed by atoms with van der Waals surface area (Å²) in [5, 5.41) is 20.3. The molecule has 0 saturated heterocycles. The SMILES string of the molecule is O=S(=O)(O)C1(O)C=c2ccccc2=CC1O. The van der Waals surface area contributed by atoms with E-state index in [1.165, 1.54) is 6.08 Å². The fourth-order valence-electron chi connectivity index (χ4n) is 1.62. The van der Waals surface area contributed by atoms with Gasteiger partial charge in [-0.1, -0.05) is 24.3 Å². The molecule has 1 aliphatic rings. The van der Waals surface area contributed by atoms with Gasteiger partial charge in [-0.15, -0.1) is 0 Å². The third-order valence-corrected chi connectivity index (χ3v) is 3.72. The van der Waals surface area contributed by atoms with Gasteiger partial charge in [0.25, 0.3) is 0 Å². The van der Waals surface area contributed by atoms with Gasteiger partial charge in [0, 0.05) is 0 Å². The van der Waals surface area contributed by atoms with E-state index in [-0.39, 0.29) is 0 Å². The van der Waals surface area contributed by atoms with Crippen molar-refractivity contribution in [3.8, 4) is 0 Å². The molecule has 0 saturated carbocycles. The van der Waals surface area contributed by atoms with Crippen molar-refractivity contribution in [2.24, 2.45) is 0 Å². The highest BCUT2D eigenvalue weighted by Gasteiger charge is 2.45. The molecular formula is C10H10O5S. The number of fused-ring (bicyclic) bond motifs is 1. The molecule has 2 unspecified atom stereocenters. The van der Waals surface area contributed by atoms with Gasteiger partial charge in [0.1, 0.15) is 6.10 Å².